The second kappa shape index (κ2) is 12.0. The molecule has 2 amide bonds. The molecule has 3 fully saturated rings. The van der Waals surface area contributed by atoms with E-state index in [1.54, 1.807) is 6.07 Å². The second-order valence-corrected chi connectivity index (χ2v) is 11.2. The van der Waals surface area contributed by atoms with Crippen molar-refractivity contribution in [2.45, 2.75) is 63.5 Å². The highest BCUT2D eigenvalue weighted by molar-refractivity contribution is 5.99. The summed E-state index contributed by atoms with van der Waals surface area (Å²) in [4.78, 5) is 38.1. The first-order valence-corrected chi connectivity index (χ1v) is 13.9. The quantitative estimate of drug-likeness (QED) is 0.361. The molecule has 220 valence electrons. The summed E-state index contributed by atoms with van der Waals surface area (Å²) in [7, 11) is 1.32. The average Bonchev–Trinajstić information content (AvgIpc) is 3.56. The number of carbonyl (C=O) groups is 3. The number of fused-ring (bicyclic) bond motifs is 2. The first kappa shape index (κ1) is 28.8. The molecule has 8 nitrogen and oxygen atoms in total. The Balaban J connectivity index is 1.31. The number of carbonyl (C=O) groups excluding carboxylic acids is 2. The zero-order valence-corrected chi connectivity index (χ0v) is 22.6. The minimum absolute atomic E-state index is 0.00917. The number of hydrogen-bond donors (Lipinski definition) is 3. The third-order valence-electron chi connectivity index (χ3n) is 8.74. The van der Waals surface area contributed by atoms with Gasteiger partial charge in [-0.05, 0) is 75.0 Å². The lowest BCUT2D eigenvalue weighted by molar-refractivity contribution is -0.143. The number of halogens is 3. The normalized spacial score (nSPS) is 27.0. The lowest BCUT2D eigenvalue weighted by Gasteiger charge is -2.31. The molecule has 3 N–H and O–H groups in total. The summed E-state index contributed by atoms with van der Waals surface area (Å²) in [6, 6.07) is 7.39. The van der Waals surface area contributed by atoms with Gasteiger partial charge in [-0.15, -0.1) is 0 Å². The number of benzene rings is 2. The molecule has 5 rings (SSSR count). The van der Waals surface area contributed by atoms with Gasteiger partial charge in [-0.3, -0.25) is 14.4 Å². The van der Waals surface area contributed by atoms with Crippen molar-refractivity contribution in [3.8, 4) is 11.5 Å². The lowest BCUT2D eigenvalue weighted by atomic mass is 9.83. The van der Waals surface area contributed by atoms with Crippen LogP contribution in [0.3, 0.4) is 0 Å². The molecule has 0 aromatic heterocycles. The van der Waals surface area contributed by atoms with E-state index in [0.29, 0.717) is 25.7 Å². The van der Waals surface area contributed by atoms with E-state index in [1.165, 1.54) is 31.4 Å². The molecule has 0 aliphatic heterocycles. The molecule has 2 aromatic rings. The van der Waals surface area contributed by atoms with Gasteiger partial charge in [0, 0.05) is 23.4 Å². The molecule has 11 heteroatoms. The second-order valence-electron chi connectivity index (χ2n) is 11.2. The van der Waals surface area contributed by atoms with Crippen LogP contribution in [0.5, 0.6) is 11.5 Å². The van der Waals surface area contributed by atoms with Gasteiger partial charge in [0.05, 0.1) is 30.6 Å². The van der Waals surface area contributed by atoms with Crippen LogP contribution in [0.1, 0.15) is 67.3 Å². The van der Waals surface area contributed by atoms with Gasteiger partial charge in [0.15, 0.2) is 11.6 Å². The Labute approximate surface area is 235 Å². The number of hydrogen-bond acceptors (Lipinski definition) is 5. The third kappa shape index (κ3) is 6.13. The molecule has 0 spiro atoms. The minimum atomic E-state index is -2.67. The van der Waals surface area contributed by atoms with E-state index in [-0.39, 0.29) is 52.2 Å². The van der Waals surface area contributed by atoms with Crippen LogP contribution >= 0.6 is 0 Å². The van der Waals surface area contributed by atoms with Crippen LogP contribution in [0.25, 0.3) is 0 Å². The molecular formula is C30H33F3N2O6. The first-order valence-electron chi connectivity index (χ1n) is 13.9. The molecule has 4 unspecified atom stereocenters. The Morgan fingerprint density at radius 3 is 2.39 bits per heavy atom. The molecule has 3 aliphatic carbocycles. The highest BCUT2D eigenvalue weighted by Crippen LogP contribution is 2.49. The van der Waals surface area contributed by atoms with Gasteiger partial charge in [-0.2, -0.15) is 0 Å². The lowest BCUT2D eigenvalue weighted by Crippen LogP contribution is -2.48. The summed E-state index contributed by atoms with van der Waals surface area (Å²) in [5.74, 6) is -3.47. The number of methoxy groups -OCH3 is 1. The molecule has 3 saturated carbocycles. The fourth-order valence-electron chi connectivity index (χ4n) is 6.66. The van der Waals surface area contributed by atoms with Crippen LogP contribution in [0, 0.1) is 29.5 Å². The third-order valence-corrected chi connectivity index (χ3v) is 8.74. The standard InChI is InChI=1S/C30H33F3N2O6/c1-40-23-14-22(31)24(41-20-9-7-15(8-10-20)30(38)39)13-21(23)28(36)35-26-17-6-5-16(11-17)25(26)29(37)34-19-4-2-3-18(12-19)27(32)33/h2-4,12-17,20,25-27H,5-11H2,1H3,(H,34,37)(H,35,36)(H,38,39). The van der Waals surface area contributed by atoms with Crippen molar-refractivity contribution in [3.63, 3.8) is 0 Å². The summed E-state index contributed by atoms with van der Waals surface area (Å²) in [5, 5.41) is 14.9. The predicted octanol–water partition coefficient (Wildman–Crippen LogP) is 5.58. The van der Waals surface area contributed by atoms with Crippen molar-refractivity contribution < 1.29 is 42.1 Å². The van der Waals surface area contributed by atoms with E-state index in [9.17, 15) is 32.7 Å². The van der Waals surface area contributed by atoms with Crippen LogP contribution in [-0.4, -0.2) is 42.1 Å². The molecule has 0 saturated heterocycles. The molecule has 4 atom stereocenters. The number of nitrogens with one attached hydrogen (secondary N) is 2. The summed E-state index contributed by atoms with van der Waals surface area (Å²) in [5.41, 5.74) is 0.117. The van der Waals surface area contributed by atoms with E-state index in [2.05, 4.69) is 10.6 Å². The van der Waals surface area contributed by atoms with Crippen LogP contribution < -0.4 is 20.1 Å². The SMILES string of the molecule is COc1cc(F)c(OC2CCC(C(=O)O)CC2)cc1C(=O)NC1C2CCC(C2)C1C(=O)Nc1cccc(C(F)F)c1. The molecule has 2 bridgehead atoms. The maximum Gasteiger partial charge on any atom is 0.306 e. The fraction of sp³-hybridized carbons (Fsp3) is 0.500. The van der Waals surface area contributed by atoms with Gasteiger partial charge < -0.3 is 25.2 Å². The number of anilines is 1. The van der Waals surface area contributed by atoms with Crippen LogP contribution in [-0.2, 0) is 9.59 Å². The van der Waals surface area contributed by atoms with Gasteiger partial charge in [0.2, 0.25) is 5.91 Å². The van der Waals surface area contributed by atoms with E-state index < -0.39 is 42.0 Å². The highest BCUT2D eigenvalue weighted by Gasteiger charge is 2.51. The molecule has 0 heterocycles. The number of aliphatic carboxylic acids is 1. The largest absolute Gasteiger partial charge is 0.496 e. The maximum absolute atomic E-state index is 14.9. The van der Waals surface area contributed by atoms with Crippen molar-refractivity contribution in [1.82, 2.24) is 5.32 Å². The van der Waals surface area contributed by atoms with Gasteiger partial charge in [0.1, 0.15) is 5.75 Å². The number of rotatable bonds is 9. The maximum atomic E-state index is 14.9. The van der Waals surface area contributed by atoms with Gasteiger partial charge in [-0.1, -0.05) is 12.1 Å². The van der Waals surface area contributed by atoms with Crippen molar-refractivity contribution in [1.29, 1.82) is 0 Å². The van der Waals surface area contributed by atoms with Crippen molar-refractivity contribution in [2.75, 3.05) is 12.4 Å². The number of amides is 2. The molecule has 41 heavy (non-hydrogen) atoms. The van der Waals surface area contributed by atoms with Gasteiger partial charge in [-0.25, -0.2) is 13.2 Å². The monoisotopic (exact) mass is 574 g/mol. The summed E-state index contributed by atoms with van der Waals surface area (Å²) in [6.07, 6.45) is 1.12. The smallest absolute Gasteiger partial charge is 0.306 e. The van der Waals surface area contributed by atoms with E-state index in [0.717, 1.165) is 25.3 Å². The van der Waals surface area contributed by atoms with Crippen molar-refractivity contribution in [2.24, 2.45) is 23.7 Å². The summed E-state index contributed by atoms with van der Waals surface area (Å²) in [6.45, 7) is 0. The number of alkyl halides is 2. The Hall–Kier alpha value is -3.76. The number of ether oxygens (including phenoxy) is 2. The summed E-state index contributed by atoms with van der Waals surface area (Å²) < 4.78 is 52.3. The zero-order valence-electron chi connectivity index (χ0n) is 22.6. The van der Waals surface area contributed by atoms with E-state index in [4.69, 9.17) is 9.47 Å². The molecule has 0 radical (unpaired) electrons. The Morgan fingerprint density at radius 2 is 1.71 bits per heavy atom. The number of carboxylic acid groups (broad SMARTS) is 1. The van der Waals surface area contributed by atoms with Gasteiger partial charge >= 0.3 is 5.97 Å². The minimum Gasteiger partial charge on any atom is -0.496 e. The van der Waals surface area contributed by atoms with Crippen LogP contribution in [0.2, 0.25) is 0 Å². The first-order chi connectivity index (χ1) is 19.6. The Bertz CT molecular complexity index is 1310. The molecule has 3 aliphatic rings. The van der Waals surface area contributed by atoms with E-state index >= 15 is 0 Å². The Kier molecular flexibility index (Phi) is 8.42. The van der Waals surface area contributed by atoms with Crippen molar-refractivity contribution >= 4 is 23.5 Å². The molecule has 2 aromatic carbocycles. The fourth-order valence-corrected chi connectivity index (χ4v) is 6.66. The topological polar surface area (TPSA) is 114 Å². The number of carboxylic acids is 1. The highest BCUT2D eigenvalue weighted by atomic mass is 19.3. The summed E-state index contributed by atoms with van der Waals surface area (Å²) >= 11 is 0. The van der Waals surface area contributed by atoms with Crippen molar-refractivity contribution in [3.05, 3.63) is 53.3 Å². The van der Waals surface area contributed by atoms with Crippen LogP contribution in [0.4, 0.5) is 18.9 Å². The average molecular weight is 575 g/mol. The molecular weight excluding hydrogens is 541 g/mol. The predicted molar refractivity (Wildman–Crippen MR) is 143 cm³/mol. The zero-order chi connectivity index (χ0) is 29.3. The van der Waals surface area contributed by atoms with Crippen LogP contribution in [0.15, 0.2) is 36.4 Å². The van der Waals surface area contributed by atoms with E-state index in [1.807, 2.05) is 0 Å². The van der Waals surface area contributed by atoms with Gasteiger partial charge in [0.25, 0.3) is 12.3 Å². The Morgan fingerprint density at radius 1 is 0.976 bits per heavy atom.